The van der Waals surface area contributed by atoms with Crippen molar-refractivity contribution in [1.29, 1.82) is 0 Å². The van der Waals surface area contributed by atoms with Crippen molar-refractivity contribution < 1.29 is 19.1 Å². The number of hydrogen-bond donors (Lipinski definition) is 2. The molecule has 2 unspecified atom stereocenters. The molecule has 0 aromatic heterocycles. The van der Waals surface area contributed by atoms with E-state index in [9.17, 15) is 14.4 Å². The molecule has 1 aliphatic carbocycles. The molecule has 196 valence electrons. The number of nitrogens with one attached hydrogen (secondary N) is 2. The highest BCUT2D eigenvalue weighted by atomic mass is 16.5. The molecule has 1 fully saturated rings. The zero-order valence-electron chi connectivity index (χ0n) is 21.6. The summed E-state index contributed by atoms with van der Waals surface area (Å²) in [5.41, 5.74) is 4.53. The minimum absolute atomic E-state index is 0.0133. The number of amides is 3. The number of benzene rings is 2. The first-order valence-electron chi connectivity index (χ1n) is 13.6. The van der Waals surface area contributed by atoms with Crippen LogP contribution in [0.5, 0.6) is 5.75 Å². The number of fused-ring (bicyclic) bond motifs is 5. The fourth-order valence-corrected chi connectivity index (χ4v) is 5.94. The molecule has 0 spiro atoms. The molecule has 37 heavy (non-hydrogen) atoms. The second-order valence-electron chi connectivity index (χ2n) is 10.8. The van der Waals surface area contributed by atoms with Gasteiger partial charge in [-0.2, -0.15) is 0 Å². The number of carbonyl (C=O) groups is 3. The summed E-state index contributed by atoms with van der Waals surface area (Å²) < 4.78 is 6.07. The van der Waals surface area contributed by atoms with Crippen LogP contribution in [0, 0.1) is 18.8 Å². The highest BCUT2D eigenvalue weighted by Crippen LogP contribution is 2.29. The van der Waals surface area contributed by atoms with Crippen LogP contribution in [-0.2, 0) is 33.8 Å². The molecular formula is C30H37N3O4. The Hall–Kier alpha value is -3.35. The van der Waals surface area contributed by atoms with Crippen LogP contribution in [0.1, 0.15) is 54.4 Å². The van der Waals surface area contributed by atoms with Gasteiger partial charge in [-0.15, -0.1) is 0 Å². The van der Waals surface area contributed by atoms with Gasteiger partial charge < -0.3 is 20.3 Å². The van der Waals surface area contributed by atoms with Crippen molar-refractivity contribution >= 4 is 17.7 Å². The van der Waals surface area contributed by atoms with Crippen molar-refractivity contribution in [3.05, 3.63) is 64.7 Å². The fourth-order valence-electron chi connectivity index (χ4n) is 5.94. The van der Waals surface area contributed by atoms with Crippen LogP contribution in [0.15, 0.2) is 42.5 Å². The van der Waals surface area contributed by atoms with Crippen LogP contribution in [-0.4, -0.2) is 48.4 Å². The lowest BCUT2D eigenvalue weighted by atomic mass is 9.94. The Balaban J connectivity index is 1.36. The number of carbonyl (C=O) groups excluding carboxylic acids is 3. The molecule has 4 bridgehead atoms. The van der Waals surface area contributed by atoms with Gasteiger partial charge in [-0.05, 0) is 85.3 Å². The van der Waals surface area contributed by atoms with E-state index < -0.39 is 6.04 Å². The van der Waals surface area contributed by atoms with Gasteiger partial charge in [-0.25, -0.2) is 0 Å². The molecule has 5 rings (SSSR count). The third-order valence-electron chi connectivity index (χ3n) is 8.16. The molecule has 0 saturated carbocycles. The molecule has 2 aromatic carbocycles. The van der Waals surface area contributed by atoms with Gasteiger partial charge in [-0.1, -0.05) is 30.3 Å². The van der Waals surface area contributed by atoms with Crippen LogP contribution in [0.25, 0.3) is 0 Å². The minimum Gasteiger partial charge on any atom is -0.494 e. The molecule has 1 saturated heterocycles. The van der Waals surface area contributed by atoms with E-state index in [-0.39, 0.29) is 36.5 Å². The fraction of sp³-hybridized carbons (Fsp3) is 0.500. The van der Waals surface area contributed by atoms with E-state index in [1.54, 1.807) is 0 Å². The summed E-state index contributed by atoms with van der Waals surface area (Å²) in [7, 11) is 0. The first kappa shape index (κ1) is 25.3. The van der Waals surface area contributed by atoms with Gasteiger partial charge in [0.2, 0.25) is 17.7 Å². The largest absolute Gasteiger partial charge is 0.494 e. The quantitative estimate of drug-likeness (QED) is 0.625. The lowest BCUT2D eigenvalue weighted by molar-refractivity contribution is -0.136. The molecule has 2 N–H and O–H groups in total. The summed E-state index contributed by atoms with van der Waals surface area (Å²) in [6.07, 6.45) is 4.68. The van der Waals surface area contributed by atoms with Crippen LogP contribution in [0.2, 0.25) is 0 Å². The van der Waals surface area contributed by atoms with E-state index in [0.29, 0.717) is 25.6 Å². The minimum atomic E-state index is -0.659. The van der Waals surface area contributed by atoms with E-state index in [1.807, 2.05) is 42.2 Å². The molecule has 0 radical (unpaired) electrons. The average molecular weight is 504 g/mol. The van der Waals surface area contributed by atoms with Crippen molar-refractivity contribution in [3.63, 3.8) is 0 Å². The van der Waals surface area contributed by atoms with Gasteiger partial charge in [0, 0.05) is 32.5 Å². The second-order valence-corrected chi connectivity index (χ2v) is 10.8. The summed E-state index contributed by atoms with van der Waals surface area (Å²) in [6.45, 7) is 4.44. The average Bonchev–Trinajstić information content (AvgIpc) is 3.34. The molecule has 2 heterocycles. The molecule has 3 amide bonds. The van der Waals surface area contributed by atoms with Crippen LogP contribution in [0.4, 0.5) is 0 Å². The van der Waals surface area contributed by atoms with E-state index in [2.05, 4.69) is 22.8 Å². The Bertz CT molecular complexity index is 1140. The molecule has 2 aliphatic heterocycles. The van der Waals surface area contributed by atoms with E-state index >= 15 is 0 Å². The Morgan fingerprint density at radius 3 is 2.51 bits per heavy atom. The zero-order valence-corrected chi connectivity index (χ0v) is 21.6. The normalized spacial score (nSPS) is 23.8. The number of ether oxygens (including phenoxy) is 1. The van der Waals surface area contributed by atoms with E-state index in [1.165, 1.54) is 11.1 Å². The van der Waals surface area contributed by atoms with Gasteiger partial charge in [0.25, 0.3) is 0 Å². The lowest BCUT2D eigenvalue weighted by Gasteiger charge is -2.33. The molecule has 7 nitrogen and oxygen atoms in total. The Labute approximate surface area is 218 Å². The highest BCUT2D eigenvalue weighted by molar-refractivity contribution is 5.89. The van der Waals surface area contributed by atoms with Gasteiger partial charge in [0.1, 0.15) is 11.8 Å². The molecule has 2 atom stereocenters. The third kappa shape index (κ3) is 6.14. The predicted octanol–water partition coefficient (Wildman–Crippen LogP) is 3.31. The lowest BCUT2D eigenvalue weighted by Crippen LogP contribution is -2.51. The summed E-state index contributed by atoms with van der Waals surface area (Å²) in [5, 5.41) is 6.07. The maximum atomic E-state index is 13.5. The monoisotopic (exact) mass is 503 g/mol. The molecule has 3 aliphatic rings. The van der Waals surface area contributed by atoms with E-state index in [0.717, 1.165) is 55.5 Å². The van der Waals surface area contributed by atoms with Crippen molar-refractivity contribution in [1.82, 2.24) is 15.5 Å². The topological polar surface area (TPSA) is 87.7 Å². The summed E-state index contributed by atoms with van der Waals surface area (Å²) in [6, 6.07) is 13.5. The number of rotatable bonds is 1. The summed E-state index contributed by atoms with van der Waals surface area (Å²) in [5.74, 6) is 0.744. The van der Waals surface area contributed by atoms with Crippen LogP contribution in [0.3, 0.4) is 0 Å². The molecule has 2 aromatic rings. The highest BCUT2D eigenvalue weighted by Gasteiger charge is 2.34. The van der Waals surface area contributed by atoms with Gasteiger partial charge in [0.15, 0.2) is 0 Å². The van der Waals surface area contributed by atoms with Gasteiger partial charge in [0.05, 0.1) is 6.61 Å². The maximum Gasteiger partial charge on any atom is 0.243 e. The standard InChI is InChI=1S/C30H37N3O4/c1-20-8-9-26-17-25(20)18-31-30(36)29(24-15-22-6-2-3-7-23(22)16-24)32-27(34)10-11-28(35)33-13-4-5-21(19-33)12-14-37-26/h2-3,6-9,17,21,24,29H,4-5,10-16,18-19H2,1H3,(H,31,36)(H,32,34). The molecular weight excluding hydrogens is 466 g/mol. The van der Waals surface area contributed by atoms with Gasteiger partial charge in [-0.3, -0.25) is 14.4 Å². The first-order valence-corrected chi connectivity index (χ1v) is 13.6. The van der Waals surface area contributed by atoms with Crippen molar-refractivity contribution in [3.8, 4) is 5.75 Å². The summed E-state index contributed by atoms with van der Waals surface area (Å²) >= 11 is 0. The Kier molecular flexibility index (Phi) is 7.77. The third-order valence-corrected chi connectivity index (χ3v) is 8.16. The van der Waals surface area contributed by atoms with Crippen molar-refractivity contribution in [2.45, 2.75) is 64.5 Å². The zero-order chi connectivity index (χ0) is 25.8. The van der Waals surface area contributed by atoms with Gasteiger partial charge >= 0.3 is 0 Å². The van der Waals surface area contributed by atoms with Crippen LogP contribution < -0.4 is 15.4 Å². The maximum absolute atomic E-state index is 13.5. The van der Waals surface area contributed by atoms with Crippen molar-refractivity contribution in [2.24, 2.45) is 11.8 Å². The number of nitrogens with zero attached hydrogens (tertiary/aromatic N) is 1. The SMILES string of the molecule is Cc1ccc2cc1CNC(=O)C(C1Cc3ccccc3C1)NC(=O)CCC(=O)N1CCCC(CCO2)C1. The molecule has 7 heteroatoms. The van der Waals surface area contributed by atoms with Crippen molar-refractivity contribution in [2.75, 3.05) is 19.7 Å². The second kappa shape index (κ2) is 11.4. The predicted molar refractivity (Wildman–Crippen MR) is 141 cm³/mol. The number of aryl methyl sites for hydroxylation is 1. The Morgan fingerprint density at radius 1 is 0.946 bits per heavy atom. The van der Waals surface area contributed by atoms with Crippen LogP contribution >= 0.6 is 0 Å². The smallest absolute Gasteiger partial charge is 0.243 e. The number of piperidine rings is 1. The Morgan fingerprint density at radius 2 is 1.73 bits per heavy atom. The van der Waals surface area contributed by atoms with E-state index in [4.69, 9.17) is 4.74 Å². The first-order chi connectivity index (χ1) is 18.0. The number of hydrogen-bond acceptors (Lipinski definition) is 4. The summed E-state index contributed by atoms with van der Waals surface area (Å²) in [4.78, 5) is 41.3.